The van der Waals surface area contributed by atoms with Crippen LogP contribution in [0.3, 0.4) is 0 Å². The van der Waals surface area contributed by atoms with Crippen LogP contribution in [0.25, 0.3) is 5.69 Å². The molecule has 0 unspecified atom stereocenters. The Morgan fingerprint density at radius 3 is 2.55 bits per heavy atom. The molecule has 98 valence electrons. The number of halogens is 1. The lowest BCUT2D eigenvalue weighted by Gasteiger charge is -2.06. The van der Waals surface area contributed by atoms with Crippen molar-refractivity contribution >= 4 is 21.7 Å². The summed E-state index contributed by atoms with van der Waals surface area (Å²) in [4.78, 5) is 16.6. The van der Waals surface area contributed by atoms with Gasteiger partial charge in [-0.15, -0.1) is 0 Å². The van der Waals surface area contributed by atoms with E-state index in [2.05, 4.69) is 26.0 Å². The topological polar surface area (TPSA) is 47.8 Å². The molecule has 0 atom stereocenters. The molecule has 0 aliphatic heterocycles. The van der Waals surface area contributed by atoms with Crippen LogP contribution in [0, 0.1) is 0 Å². The Labute approximate surface area is 124 Å². The first-order valence-electron chi connectivity index (χ1n) is 6.01. The van der Waals surface area contributed by atoms with Gasteiger partial charge in [0.1, 0.15) is 11.4 Å². The highest BCUT2D eigenvalue weighted by molar-refractivity contribution is 9.10. The molecule has 3 aromatic rings. The van der Waals surface area contributed by atoms with Crippen LogP contribution in [0.5, 0.6) is 0 Å². The predicted octanol–water partition coefficient (Wildman–Crippen LogP) is 3.26. The summed E-state index contributed by atoms with van der Waals surface area (Å²) in [6.45, 7) is 0. The molecule has 4 nitrogen and oxygen atoms in total. The van der Waals surface area contributed by atoms with Gasteiger partial charge in [-0.3, -0.25) is 9.78 Å². The molecular formula is C15H10BrN3O. The minimum atomic E-state index is -0.154. The standard InChI is InChI=1S/C15H10BrN3O/c16-11-6-7-13(17-10-11)15(20)14-8-9-18-19(14)12-4-2-1-3-5-12/h1-10H. The van der Waals surface area contributed by atoms with E-state index in [9.17, 15) is 4.79 Å². The van der Waals surface area contributed by atoms with Crippen molar-refractivity contribution in [2.24, 2.45) is 0 Å². The molecule has 0 aliphatic carbocycles. The molecule has 0 amide bonds. The van der Waals surface area contributed by atoms with Crippen LogP contribution in [0.15, 0.2) is 65.4 Å². The second-order valence-corrected chi connectivity index (χ2v) is 5.07. The maximum atomic E-state index is 12.5. The lowest BCUT2D eigenvalue weighted by molar-refractivity contribution is 0.102. The minimum absolute atomic E-state index is 0.154. The highest BCUT2D eigenvalue weighted by Crippen LogP contribution is 2.15. The third kappa shape index (κ3) is 2.40. The number of aromatic nitrogens is 3. The van der Waals surface area contributed by atoms with Crippen molar-refractivity contribution < 1.29 is 4.79 Å². The molecule has 2 aromatic heterocycles. The Morgan fingerprint density at radius 1 is 1.05 bits per heavy atom. The molecule has 0 bridgehead atoms. The van der Waals surface area contributed by atoms with Crippen molar-refractivity contribution in [3.63, 3.8) is 0 Å². The van der Waals surface area contributed by atoms with Crippen molar-refractivity contribution in [2.75, 3.05) is 0 Å². The van der Waals surface area contributed by atoms with E-state index >= 15 is 0 Å². The highest BCUT2D eigenvalue weighted by Gasteiger charge is 2.16. The van der Waals surface area contributed by atoms with Gasteiger partial charge in [-0.1, -0.05) is 18.2 Å². The molecule has 0 N–H and O–H groups in total. The van der Waals surface area contributed by atoms with Gasteiger partial charge in [0, 0.05) is 10.7 Å². The molecule has 0 saturated heterocycles. The zero-order valence-corrected chi connectivity index (χ0v) is 12.0. The summed E-state index contributed by atoms with van der Waals surface area (Å²) in [7, 11) is 0. The van der Waals surface area contributed by atoms with Gasteiger partial charge >= 0.3 is 0 Å². The van der Waals surface area contributed by atoms with Crippen LogP contribution in [0.1, 0.15) is 16.2 Å². The zero-order chi connectivity index (χ0) is 13.9. The number of para-hydroxylation sites is 1. The number of carbonyl (C=O) groups is 1. The number of nitrogens with zero attached hydrogens (tertiary/aromatic N) is 3. The second kappa shape index (κ2) is 5.38. The number of hydrogen-bond acceptors (Lipinski definition) is 3. The van der Waals surface area contributed by atoms with Gasteiger partial charge in [-0.2, -0.15) is 5.10 Å². The first-order chi connectivity index (χ1) is 9.75. The number of carbonyl (C=O) groups excluding carboxylic acids is 1. The molecule has 0 radical (unpaired) electrons. The van der Waals surface area contributed by atoms with Crippen molar-refractivity contribution in [2.45, 2.75) is 0 Å². The van der Waals surface area contributed by atoms with Gasteiger partial charge in [0.15, 0.2) is 0 Å². The van der Waals surface area contributed by atoms with Crippen LogP contribution < -0.4 is 0 Å². The van der Waals surface area contributed by atoms with Crippen molar-refractivity contribution in [3.05, 3.63) is 76.8 Å². The summed E-state index contributed by atoms with van der Waals surface area (Å²) in [6, 6.07) is 14.7. The largest absolute Gasteiger partial charge is 0.285 e. The Morgan fingerprint density at radius 2 is 1.85 bits per heavy atom. The Kier molecular flexibility index (Phi) is 3.43. The quantitative estimate of drug-likeness (QED) is 0.694. The van der Waals surface area contributed by atoms with E-state index in [4.69, 9.17) is 0 Å². The van der Waals surface area contributed by atoms with E-state index in [0.29, 0.717) is 11.4 Å². The first-order valence-corrected chi connectivity index (χ1v) is 6.81. The SMILES string of the molecule is O=C(c1ccc(Br)cn1)c1ccnn1-c1ccccc1. The number of benzene rings is 1. The molecule has 5 heteroatoms. The van der Waals surface area contributed by atoms with E-state index in [-0.39, 0.29) is 5.78 Å². The van der Waals surface area contributed by atoms with Crippen molar-refractivity contribution in [1.82, 2.24) is 14.8 Å². The fourth-order valence-electron chi connectivity index (χ4n) is 1.89. The third-order valence-electron chi connectivity index (χ3n) is 2.84. The molecule has 0 fully saturated rings. The molecule has 0 aliphatic rings. The molecule has 1 aromatic carbocycles. The maximum absolute atomic E-state index is 12.5. The molecule has 3 rings (SSSR count). The van der Waals surface area contributed by atoms with Gasteiger partial charge in [-0.25, -0.2) is 4.68 Å². The fraction of sp³-hybridized carbons (Fsp3) is 0. The second-order valence-electron chi connectivity index (χ2n) is 4.15. The van der Waals surface area contributed by atoms with Crippen molar-refractivity contribution in [1.29, 1.82) is 0 Å². The number of ketones is 1. The predicted molar refractivity (Wildman–Crippen MR) is 78.9 cm³/mol. The summed E-state index contributed by atoms with van der Waals surface area (Å²) in [5.74, 6) is -0.154. The number of rotatable bonds is 3. The summed E-state index contributed by atoms with van der Waals surface area (Å²) < 4.78 is 2.46. The van der Waals surface area contributed by atoms with E-state index in [1.54, 1.807) is 35.3 Å². The first kappa shape index (κ1) is 12.7. The van der Waals surface area contributed by atoms with Gasteiger partial charge in [0.25, 0.3) is 0 Å². The van der Waals surface area contributed by atoms with Crippen molar-refractivity contribution in [3.8, 4) is 5.69 Å². The fourth-order valence-corrected chi connectivity index (χ4v) is 2.13. The molecular weight excluding hydrogens is 318 g/mol. The van der Waals surface area contributed by atoms with Crippen LogP contribution in [-0.2, 0) is 0 Å². The van der Waals surface area contributed by atoms with Crippen LogP contribution >= 0.6 is 15.9 Å². The zero-order valence-electron chi connectivity index (χ0n) is 10.4. The average Bonchev–Trinajstić information content (AvgIpc) is 2.97. The summed E-state index contributed by atoms with van der Waals surface area (Å²) >= 11 is 3.30. The lowest BCUT2D eigenvalue weighted by Crippen LogP contribution is -2.11. The highest BCUT2D eigenvalue weighted by atomic mass is 79.9. The van der Waals surface area contributed by atoms with E-state index in [0.717, 1.165) is 10.2 Å². The molecule has 0 spiro atoms. The van der Waals surface area contributed by atoms with Gasteiger partial charge in [0.2, 0.25) is 5.78 Å². The van der Waals surface area contributed by atoms with Gasteiger partial charge < -0.3 is 0 Å². The minimum Gasteiger partial charge on any atom is -0.285 e. The summed E-state index contributed by atoms with van der Waals surface area (Å²) in [5, 5.41) is 4.21. The normalized spacial score (nSPS) is 10.4. The van der Waals surface area contributed by atoms with Gasteiger partial charge in [-0.05, 0) is 46.3 Å². The average molecular weight is 328 g/mol. The smallest absolute Gasteiger partial charge is 0.229 e. The Hall–Kier alpha value is -2.27. The van der Waals surface area contributed by atoms with Gasteiger partial charge in [0.05, 0.1) is 11.9 Å². The number of pyridine rings is 1. The van der Waals surface area contributed by atoms with Crippen LogP contribution in [0.4, 0.5) is 0 Å². The maximum Gasteiger partial charge on any atom is 0.229 e. The monoisotopic (exact) mass is 327 g/mol. The summed E-state index contributed by atoms with van der Waals surface area (Å²) in [5.41, 5.74) is 1.73. The third-order valence-corrected chi connectivity index (χ3v) is 3.31. The molecule has 2 heterocycles. The van der Waals surface area contributed by atoms with Crippen LogP contribution in [0.2, 0.25) is 0 Å². The molecule has 20 heavy (non-hydrogen) atoms. The molecule has 0 saturated carbocycles. The summed E-state index contributed by atoms with van der Waals surface area (Å²) in [6.07, 6.45) is 3.22. The Balaban J connectivity index is 2.02. The van der Waals surface area contributed by atoms with Crippen LogP contribution in [-0.4, -0.2) is 20.5 Å². The van der Waals surface area contributed by atoms with E-state index in [1.807, 2.05) is 30.3 Å². The van der Waals surface area contributed by atoms with E-state index < -0.39 is 0 Å². The Bertz CT molecular complexity index is 735. The van der Waals surface area contributed by atoms with E-state index in [1.165, 1.54) is 0 Å². The number of hydrogen-bond donors (Lipinski definition) is 0. The lowest BCUT2D eigenvalue weighted by atomic mass is 10.2.